The van der Waals surface area contributed by atoms with E-state index in [0.717, 1.165) is 24.2 Å². The maximum atomic E-state index is 11.3. The van der Waals surface area contributed by atoms with Crippen molar-refractivity contribution in [1.82, 2.24) is 40.2 Å². The minimum absolute atomic E-state index is 0.114. The highest BCUT2D eigenvalue weighted by Crippen LogP contribution is 2.30. The van der Waals surface area contributed by atoms with Crippen molar-refractivity contribution >= 4 is 17.7 Å². The van der Waals surface area contributed by atoms with Crippen LogP contribution >= 0.6 is 11.8 Å². The molecule has 31 heavy (non-hydrogen) atoms. The number of aryl methyl sites for hydroxylation is 2. The zero-order valence-electron chi connectivity index (χ0n) is 17.6. The van der Waals surface area contributed by atoms with Crippen LogP contribution < -0.4 is 4.74 Å². The maximum absolute atomic E-state index is 11.3. The molecule has 3 heterocycles. The van der Waals surface area contributed by atoms with E-state index in [4.69, 9.17) is 4.74 Å². The van der Waals surface area contributed by atoms with Gasteiger partial charge in [-0.25, -0.2) is 9.67 Å². The molecular weight excluding hydrogens is 420 g/mol. The van der Waals surface area contributed by atoms with Crippen LogP contribution in [0, 0.1) is 12.8 Å². The third kappa shape index (κ3) is 4.68. The van der Waals surface area contributed by atoms with Gasteiger partial charge in [0.25, 0.3) is 0 Å². The minimum Gasteiger partial charge on any atom is -0.489 e. The number of ether oxygens (including phenoxy) is 1. The number of aromatic nitrogens is 8. The van der Waals surface area contributed by atoms with Gasteiger partial charge in [0.2, 0.25) is 5.16 Å². The van der Waals surface area contributed by atoms with Crippen molar-refractivity contribution < 1.29 is 14.6 Å². The fourth-order valence-corrected chi connectivity index (χ4v) is 4.02. The lowest BCUT2D eigenvalue weighted by atomic mass is 9.87. The molecule has 1 aliphatic carbocycles. The zero-order chi connectivity index (χ0) is 22.0. The van der Waals surface area contributed by atoms with Crippen molar-refractivity contribution in [1.29, 1.82) is 0 Å². The number of carbonyl (C=O) groups is 1. The maximum Gasteiger partial charge on any atom is 0.306 e. The minimum atomic E-state index is -0.750. The molecule has 0 aliphatic heterocycles. The average molecular weight is 445 g/mol. The van der Waals surface area contributed by atoms with Gasteiger partial charge >= 0.3 is 5.97 Å². The molecular formula is C19H24N8O3S. The predicted octanol–water partition coefficient (Wildman–Crippen LogP) is 1.96. The van der Waals surface area contributed by atoms with Crippen molar-refractivity contribution in [3.63, 3.8) is 0 Å². The van der Waals surface area contributed by atoms with Gasteiger partial charge < -0.3 is 9.84 Å². The molecule has 3 aromatic heterocycles. The van der Waals surface area contributed by atoms with E-state index in [2.05, 4.69) is 30.7 Å². The number of carboxylic acids is 1. The third-order valence-electron chi connectivity index (χ3n) is 5.40. The van der Waals surface area contributed by atoms with E-state index in [9.17, 15) is 9.90 Å². The Balaban J connectivity index is 1.52. The molecule has 2 atom stereocenters. The highest BCUT2D eigenvalue weighted by atomic mass is 32.2. The summed E-state index contributed by atoms with van der Waals surface area (Å²) in [6, 6.07) is 3.70. The monoisotopic (exact) mass is 444 g/mol. The Morgan fingerprint density at radius 2 is 2.13 bits per heavy atom. The number of hydrogen-bond acceptors (Lipinski definition) is 9. The lowest BCUT2D eigenvalue weighted by Crippen LogP contribution is -2.29. The molecule has 0 unspecified atom stereocenters. The van der Waals surface area contributed by atoms with Crippen molar-refractivity contribution in [3.8, 4) is 17.1 Å². The Morgan fingerprint density at radius 3 is 2.84 bits per heavy atom. The molecule has 4 rings (SSSR count). The molecule has 0 radical (unpaired) electrons. The second kappa shape index (κ2) is 9.00. The van der Waals surface area contributed by atoms with Gasteiger partial charge in [0.05, 0.1) is 29.1 Å². The Morgan fingerprint density at radius 1 is 1.29 bits per heavy atom. The molecule has 0 spiro atoms. The van der Waals surface area contributed by atoms with Gasteiger partial charge in [-0.05, 0) is 56.2 Å². The molecule has 1 N–H and O–H groups in total. The summed E-state index contributed by atoms with van der Waals surface area (Å²) in [6.07, 6.45) is 4.71. The normalized spacial score (nSPS) is 18.8. The van der Waals surface area contributed by atoms with E-state index in [1.54, 1.807) is 4.68 Å². The number of pyridine rings is 1. The standard InChI is InChI=1S/C19H24N8O3S/c1-11-16(30-13-6-4-5-12(9-13)18(28)29)8-7-14(20-11)17-15(26(2)24-21-17)10-27-23-19(31-3)22-25-27/h7-8,12-13H,4-6,9-10H2,1-3H3,(H,28,29)/t12-,13-/m0/s1. The molecule has 0 aromatic carbocycles. The molecule has 12 heteroatoms. The molecule has 0 saturated heterocycles. The molecule has 11 nitrogen and oxygen atoms in total. The quantitative estimate of drug-likeness (QED) is 0.539. The van der Waals surface area contributed by atoms with E-state index in [-0.39, 0.29) is 12.0 Å². The summed E-state index contributed by atoms with van der Waals surface area (Å²) in [6.45, 7) is 2.24. The number of aliphatic carboxylic acids is 1. The van der Waals surface area contributed by atoms with Crippen molar-refractivity contribution in [2.75, 3.05) is 6.26 Å². The number of tetrazole rings is 1. The summed E-state index contributed by atoms with van der Waals surface area (Å²) in [5, 5.41) is 30.6. The van der Waals surface area contributed by atoms with Crippen LogP contribution in [0.1, 0.15) is 37.1 Å². The summed E-state index contributed by atoms with van der Waals surface area (Å²) < 4.78 is 7.78. The zero-order valence-corrected chi connectivity index (χ0v) is 18.4. The smallest absolute Gasteiger partial charge is 0.306 e. The van der Waals surface area contributed by atoms with Crippen LogP contribution in [0.25, 0.3) is 11.4 Å². The van der Waals surface area contributed by atoms with Crippen LogP contribution in [0.4, 0.5) is 0 Å². The lowest BCUT2D eigenvalue weighted by Gasteiger charge is -2.27. The topological polar surface area (TPSA) is 134 Å². The fourth-order valence-electron chi connectivity index (χ4n) is 3.72. The SMILES string of the molecule is CSc1nnn(Cc2c(-c3ccc(O[C@H]4CCC[C@H](C(=O)O)C4)c(C)n3)nnn2C)n1. The molecule has 1 aliphatic rings. The first-order valence-corrected chi connectivity index (χ1v) is 11.2. The Hall–Kier alpha value is -3.02. The number of thioether (sulfide) groups is 1. The van der Waals surface area contributed by atoms with Gasteiger partial charge in [-0.3, -0.25) is 4.79 Å². The number of rotatable bonds is 7. The second-order valence-corrected chi connectivity index (χ2v) is 8.31. The molecule has 0 bridgehead atoms. The van der Waals surface area contributed by atoms with Crippen molar-refractivity contribution in [2.24, 2.45) is 13.0 Å². The van der Waals surface area contributed by atoms with Crippen LogP contribution in [0.5, 0.6) is 5.75 Å². The molecule has 1 fully saturated rings. The van der Waals surface area contributed by atoms with E-state index >= 15 is 0 Å². The summed E-state index contributed by atoms with van der Waals surface area (Å²) in [7, 11) is 1.81. The Labute approximate surface area is 183 Å². The van der Waals surface area contributed by atoms with E-state index < -0.39 is 5.97 Å². The molecule has 1 saturated carbocycles. The summed E-state index contributed by atoms with van der Waals surface area (Å²) >= 11 is 1.42. The van der Waals surface area contributed by atoms with Crippen LogP contribution in [0.15, 0.2) is 17.3 Å². The number of carboxylic acid groups (broad SMARTS) is 1. The molecule has 0 amide bonds. The number of hydrogen-bond donors (Lipinski definition) is 1. The first-order valence-electron chi connectivity index (χ1n) is 10.0. The van der Waals surface area contributed by atoms with Crippen molar-refractivity contribution in [2.45, 2.75) is 50.4 Å². The summed E-state index contributed by atoms with van der Waals surface area (Å²) in [4.78, 5) is 17.5. The fraction of sp³-hybridized carbons (Fsp3) is 0.526. The average Bonchev–Trinajstić information content (AvgIpc) is 3.37. The van der Waals surface area contributed by atoms with Gasteiger partial charge in [-0.2, -0.15) is 4.80 Å². The van der Waals surface area contributed by atoms with Crippen LogP contribution in [0.2, 0.25) is 0 Å². The van der Waals surface area contributed by atoms with E-state index in [1.807, 2.05) is 32.4 Å². The van der Waals surface area contributed by atoms with Gasteiger partial charge in [0.15, 0.2) is 0 Å². The summed E-state index contributed by atoms with van der Waals surface area (Å²) in [5.41, 5.74) is 2.84. The first kappa shape index (κ1) is 21.2. The number of nitrogens with zero attached hydrogens (tertiary/aromatic N) is 8. The van der Waals surface area contributed by atoms with Gasteiger partial charge in [-0.1, -0.05) is 17.0 Å². The third-order valence-corrected chi connectivity index (χ3v) is 5.93. The van der Waals surface area contributed by atoms with Crippen LogP contribution in [-0.2, 0) is 18.4 Å². The van der Waals surface area contributed by atoms with Gasteiger partial charge in [0.1, 0.15) is 18.0 Å². The first-order chi connectivity index (χ1) is 14.9. The summed E-state index contributed by atoms with van der Waals surface area (Å²) in [5.74, 6) is -0.432. The molecule has 164 valence electrons. The van der Waals surface area contributed by atoms with E-state index in [0.29, 0.717) is 41.7 Å². The van der Waals surface area contributed by atoms with Crippen LogP contribution in [-0.4, -0.2) is 63.6 Å². The molecule has 3 aromatic rings. The predicted molar refractivity (Wildman–Crippen MR) is 112 cm³/mol. The second-order valence-electron chi connectivity index (χ2n) is 7.54. The highest BCUT2D eigenvalue weighted by molar-refractivity contribution is 7.98. The lowest BCUT2D eigenvalue weighted by molar-refractivity contribution is -0.143. The Bertz CT molecular complexity index is 1080. The van der Waals surface area contributed by atoms with Gasteiger partial charge in [0, 0.05) is 7.05 Å². The van der Waals surface area contributed by atoms with Crippen LogP contribution in [0.3, 0.4) is 0 Å². The highest BCUT2D eigenvalue weighted by Gasteiger charge is 2.28. The van der Waals surface area contributed by atoms with Crippen molar-refractivity contribution in [3.05, 3.63) is 23.5 Å². The van der Waals surface area contributed by atoms with Gasteiger partial charge in [-0.15, -0.1) is 15.3 Å². The Kier molecular flexibility index (Phi) is 6.16. The van der Waals surface area contributed by atoms with E-state index in [1.165, 1.54) is 16.6 Å². The largest absolute Gasteiger partial charge is 0.489 e.